The Kier molecular flexibility index (Phi) is 10.5. The molecule has 0 aliphatic heterocycles. The summed E-state index contributed by atoms with van der Waals surface area (Å²) in [6, 6.07) is 13.9. The van der Waals surface area contributed by atoms with Crippen molar-refractivity contribution in [2.75, 3.05) is 20.0 Å². The molecule has 0 aliphatic carbocycles. The largest absolute Gasteiger partial charge is 0.356 e. The van der Waals surface area contributed by atoms with Crippen molar-refractivity contribution in [1.82, 2.24) is 10.8 Å². The van der Waals surface area contributed by atoms with Gasteiger partial charge in [-0.3, -0.25) is 14.8 Å². The Morgan fingerprint density at radius 1 is 1.13 bits per heavy atom. The van der Waals surface area contributed by atoms with Crippen LogP contribution in [-0.4, -0.2) is 43.1 Å². The molecule has 31 heavy (non-hydrogen) atoms. The Balaban J connectivity index is 2.13. The maximum Gasteiger partial charge on any atom is 0.251 e. The molecule has 2 amide bonds. The van der Waals surface area contributed by atoms with Crippen molar-refractivity contribution in [2.24, 2.45) is 5.92 Å². The van der Waals surface area contributed by atoms with Gasteiger partial charge in [-0.05, 0) is 56.5 Å². The first kappa shape index (κ1) is 24.8. The normalized spacial score (nSPS) is 12.8. The number of rotatable bonds is 12. The summed E-state index contributed by atoms with van der Waals surface area (Å²) in [5, 5.41) is 12.7. The zero-order chi connectivity index (χ0) is 22.6. The summed E-state index contributed by atoms with van der Waals surface area (Å²) in [5.41, 5.74) is 4.13. The van der Waals surface area contributed by atoms with E-state index in [0.29, 0.717) is 23.6 Å². The van der Waals surface area contributed by atoms with Crippen LogP contribution in [-0.2, 0) is 20.7 Å². The molecule has 2 aromatic carbocycles. The number of carbonyl (C=O) groups excluding carboxylic acids is 2. The van der Waals surface area contributed by atoms with Gasteiger partial charge in [0.2, 0.25) is 5.91 Å². The van der Waals surface area contributed by atoms with Crippen molar-refractivity contribution in [1.29, 1.82) is 0 Å². The number of ether oxygens (including phenoxy) is 2. The van der Waals surface area contributed by atoms with Crippen LogP contribution in [0.2, 0.25) is 5.02 Å². The second kappa shape index (κ2) is 13.1. The zero-order valence-corrected chi connectivity index (χ0v) is 18.5. The molecule has 3 N–H and O–H groups in total. The number of aryl methyl sites for hydroxylation is 1. The van der Waals surface area contributed by atoms with E-state index in [-0.39, 0.29) is 25.7 Å². The van der Waals surface area contributed by atoms with Gasteiger partial charge >= 0.3 is 0 Å². The molecule has 7 nitrogen and oxygen atoms in total. The molecule has 8 heteroatoms. The fourth-order valence-corrected chi connectivity index (χ4v) is 3.35. The van der Waals surface area contributed by atoms with E-state index in [1.54, 1.807) is 35.8 Å². The Morgan fingerprint density at radius 2 is 1.87 bits per heavy atom. The van der Waals surface area contributed by atoms with E-state index in [4.69, 9.17) is 21.1 Å². The molecule has 2 aromatic rings. The van der Waals surface area contributed by atoms with Crippen LogP contribution in [0.1, 0.15) is 34.8 Å². The number of halogens is 1. The highest BCUT2D eigenvalue weighted by Gasteiger charge is 2.25. The maximum atomic E-state index is 12.7. The van der Waals surface area contributed by atoms with Crippen molar-refractivity contribution >= 4 is 23.4 Å². The van der Waals surface area contributed by atoms with Crippen LogP contribution >= 0.6 is 11.6 Å². The van der Waals surface area contributed by atoms with Gasteiger partial charge in [0.15, 0.2) is 0 Å². The number of nitrogens with one attached hydrogen (secondary N) is 2. The molecule has 0 spiro atoms. The summed E-state index contributed by atoms with van der Waals surface area (Å²) >= 11 is 6.05. The molecule has 0 heterocycles. The van der Waals surface area contributed by atoms with Crippen LogP contribution in [0.5, 0.6) is 0 Å². The van der Waals surface area contributed by atoms with Gasteiger partial charge in [-0.15, -0.1) is 0 Å². The van der Waals surface area contributed by atoms with Gasteiger partial charge in [-0.25, -0.2) is 5.48 Å². The predicted molar refractivity (Wildman–Crippen MR) is 118 cm³/mol. The monoisotopic (exact) mass is 448 g/mol. The van der Waals surface area contributed by atoms with E-state index in [2.05, 4.69) is 5.32 Å². The molecule has 0 saturated heterocycles. The smallest absolute Gasteiger partial charge is 0.251 e. The summed E-state index contributed by atoms with van der Waals surface area (Å²) < 4.78 is 10.7. The lowest BCUT2D eigenvalue weighted by molar-refractivity contribution is -0.134. The van der Waals surface area contributed by atoms with Crippen molar-refractivity contribution in [3.05, 3.63) is 70.2 Å². The highest BCUT2D eigenvalue weighted by Crippen LogP contribution is 2.19. The van der Waals surface area contributed by atoms with E-state index >= 15 is 0 Å². The molecule has 0 fully saturated rings. The van der Waals surface area contributed by atoms with Gasteiger partial charge in [0, 0.05) is 23.1 Å². The number of hydrogen-bond donors (Lipinski definition) is 3. The fraction of sp³-hybridized carbons (Fsp3) is 0.391. The summed E-state index contributed by atoms with van der Waals surface area (Å²) in [6.45, 7) is 4.54. The van der Waals surface area contributed by atoms with Crippen molar-refractivity contribution in [3.63, 3.8) is 0 Å². The minimum absolute atomic E-state index is 0.0819. The van der Waals surface area contributed by atoms with Crippen molar-refractivity contribution in [3.8, 4) is 0 Å². The molecule has 0 saturated carbocycles. The molecule has 0 aromatic heterocycles. The van der Waals surface area contributed by atoms with E-state index in [1.807, 2.05) is 32.0 Å². The second-order valence-corrected chi connectivity index (χ2v) is 7.70. The Hall–Kier alpha value is -2.45. The van der Waals surface area contributed by atoms with E-state index in [1.165, 1.54) is 0 Å². The molecule has 168 valence electrons. The Bertz CT molecular complexity index is 844. The fourth-order valence-electron chi connectivity index (χ4n) is 3.14. The zero-order valence-electron chi connectivity index (χ0n) is 17.8. The minimum atomic E-state index is -0.609. The highest BCUT2D eigenvalue weighted by atomic mass is 35.5. The number of carbonyl (C=O) groups is 2. The van der Waals surface area contributed by atoms with Gasteiger partial charge in [-0.1, -0.05) is 41.4 Å². The topological polar surface area (TPSA) is 96.9 Å². The first-order chi connectivity index (χ1) is 14.9. The average Bonchev–Trinajstić information content (AvgIpc) is 2.76. The molecule has 0 bridgehead atoms. The van der Waals surface area contributed by atoms with Gasteiger partial charge in [0.05, 0.1) is 12.6 Å². The maximum absolute atomic E-state index is 12.7. The third-order valence-corrected chi connectivity index (χ3v) is 5.00. The summed E-state index contributed by atoms with van der Waals surface area (Å²) in [5.74, 6) is -1.42. The molecule has 0 radical (unpaired) electrons. The third kappa shape index (κ3) is 8.67. The number of benzene rings is 2. The first-order valence-corrected chi connectivity index (χ1v) is 10.5. The summed E-state index contributed by atoms with van der Waals surface area (Å²) in [6.07, 6.45) is 0.595. The summed E-state index contributed by atoms with van der Waals surface area (Å²) in [4.78, 5) is 25.0. The quantitative estimate of drug-likeness (QED) is 0.200. The van der Waals surface area contributed by atoms with E-state index < -0.39 is 17.9 Å². The lowest BCUT2D eigenvalue weighted by atomic mass is 9.92. The van der Waals surface area contributed by atoms with Gasteiger partial charge in [-0.2, -0.15) is 0 Å². The van der Waals surface area contributed by atoms with E-state index in [9.17, 15) is 14.8 Å². The SMILES string of the molecule is CCOCOC[C@H](C[C@H](Cc1cccc(Cl)c1)C(=O)NO)NC(=O)c1ccc(C)cc1. The average molecular weight is 449 g/mol. The highest BCUT2D eigenvalue weighted by molar-refractivity contribution is 6.30. The number of amides is 2. The first-order valence-electron chi connectivity index (χ1n) is 10.1. The number of hydroxylamine groups is 1. The molecule has 2 atom stereocenters. The molecular weight excluding hydrogens is 420 g/mol. The van der Waals surface area contributed by atoms with Crippen LogP contribution in [0.25, 0.3) is 0 Å². The minimum Gasteiger partial charge on any atom is -0.356 e. The van der Waals surface area contributed by atoms with Gasteiger partial charge in [0.25, 0.3) is 5.91 Å². The van der Waals surface area contributed by atoms with Gasteiger partial charge in [0.1, 0.15) is 6.79 Å². The van der Waals surface area contributed by atoms with Gasteiger partial charge < -0.3 is 14.8 Å². The van der Waals surface area contributed by atoms with Crippen LogP contribution in [0.3, 0.4) is 0 Å². The van der Waals surface area contributed by atoms with E-state index in [0.717, 1.165) is 11.1 Å². The molecule has 0 aliphatic rings. The van der Waals surface area contributed by atoms with Crippen molar-refractivity contribution in [2.45, 2.75) is 32.7 Å². The number of hydrogen-bond acceptors (Lipinski definition) is 5. The lowest BCUT2D eigenvalue weighted by Gasteiger charge is -2.24. The van der Waals surface area contributed by atoms with Crippen LogP contribution in [0, 0.1) is 12.8 Å². The van der Waals surface area contributed by atoms with Crippen LogP contribution in [0.4, 0.5) is 0 Å². The molecule has 0 unspecified atom stereocenters. The molecular formula is C23H29ClN2O5. The summed E-state index contributed by atoms with van der Waals surface area (Å²) in [7, 11) is 0. The predicted octanol–water partition coefficient (Wildman–Crippen LogP) is 3.51. The van der Waals surface area contributed by atoms with Crippen molar-refractivity contribution < 1.29 is 24.3 Å². The lowest BCUT2D eigenvalue weighted by Crippen LogP contribution is -2.42. The standard InChI is InChI=1S/C23H29ClN2O5/c1-3-30-15-31-14-21(25-22(27)18-9-7-16(2)8-10-18)13-19(23(28)26-29)11-17-5-4-6-20(24)12-17/h4-10,12,19,21,29H,3,11,13-15H2,1-2H3,(H,25,27)(H,26,28)/t19-,21-/m0/s1. The Morgan fingerprint density at radius 3 is 2.52 bits per heavy atom. The van der Waals surface area contributed by atoms with Crippen LogP contribution < -0.4 is 10.8 Å². The molecule has 2 rings (SSSR count). The second-order valence-electron chi connectivity index (χ2n) is 7.26. The third-order valence-electron chi connectivity index (χ3n) is 4.76. The Labute approximate surface area is 187 Å². The van der Waals surface area contributed by atoms with Crippen LogP contribution in [0.15, 0.2) is 48.5 Å².